The largest absolute Gasteiger partial charge is 0.379 e. The van der Waals surface area contributed by atoms with Crippen molar-refractivity contribution in [2.45, 2.75) is 52.0 Å². The number of ether oxygens (including phenoxy) is 2. The van der Waals surface area contributed by atoms with Gasteiger partial charge in [-0.15, -0.1) is 0 Å². The second kappa shape index (κ2) is 13.8. The van der Waals surface area contributed by atoms with Gasteiger partial charge in [0.25, 0.3) is 11.8 Å². The maximum Gasteiger partial charge on any atom is 0.268 e. The molecule has 0 saturated carbocycles. The van der Waals surface area contributed by atoms with Crippen LogP contribution in [0.25, 0.3) is 0 Å². The van der Waals surface area contributed by atoms with Crippen molar-refractivity contribution in [1.29, 1.82) is 0 Å². The van der Waals surface area contributed by atoms with Gasteiger partial charge >= 0.3 is 0 Å². The number of carbonyl (C=O) groups is 2. The predicted octanol–water partition coefficient (Wildman–Crippen LogP) is 2.73. The van der Waals surface area contributed by atoms with Crippen LogP contribution in [0.15, 0.2) is 48.5 Å². The van der Waals surface area contributed by atoms with Crippen molar-refractivity contribution < 1.29 is 24.3 Å². The molecular weight excluding hydrogens is 482 g/mol. The molecule has 0 aromatic heterocycles. The number of rotatable bonds is 7. The zero-order chi connectivity index (χ0) is 27.5. The van der Waals surface area contributed by atoms with E-state index in [9.17, 15) is 9.59 Å². The molecule has 200 valence electrons. The molecule has 2 aromatic carbocycles. The molecule has 0 spiro atoms. The number of hydroxylamine groups is 1. The number of morpholine rings is 1. The third-order valence-corrected chi connectivity index (χ3v) is 5.78. The van der Waals surface area contributed by atoms with Crippen LogP contribution >= 0.6 is 0 Å². The number of hydrogen-bond donors (Lipinski definition) is 3. The van der Waals surface area contributed by atoms with Crippen LogP contribution in [0.4, 0.5) is 0 Å². The highest BCUT2D eigenvalue weighted by Crippen LogP contribution is 2.14. The molecule has 0 bridgehead atoms. The van der Waals surface area contributed by atoms with Gasteiger partial charge < -0.3 is 14.8 Å². The van der Waals surface area contributed by atoms with E-state index in [1.807, 2.05) is 32.9 Å². The first kappa shape index (κ1) is 28.9. The summed E-state index contributed by atoms with van der Waals surface area (Å²) in [5, 5.41) is 11.7. The molecule has 1 heterocycles. The van der Waals surface area contributed by atoms with Crippen LogP contribution in [0.1, 0.15) is 54.7 Å². The fourth-order valence-electron chi connectivity index (χ4n) is 3.94. The first-order valence-electron chi connectivity index (χ1n) is 12.6. The Labute approximate surface area is 224 Å². The lowest BCUT2D eigenvalue weighted by Crippen LogP contribution is -2.53. The molecule has 0 unspecified atom stereocenters. The molecule has 3 rings (SSSR count). The van der Waals surface area contributed by atoms with Crippen LogP contribution < -0.4 is 10.8 Å². The maximum absolute atomic E-state index is 12.7. The third-order valence-electron chi connectivity index (χ3n) is 5.78. The van der Waals surface area contributed by atoms with E-state index in [4.69, 9.17) is 14.7 Å². The van der Waals surface area contributed by atoms with Crippen molar-refractivity contribution in [1.82, 2.24) is 15.7 Å². The summed E-state index contributed by atoms with van der Waals surface area (Å²) in [6.07, 6.45) is -0.671. The monoisotopic (exact) mass is 517 g/mol. The molecule has 1 aliphatic heterocycles. The van der Waals surface area contributed by atoms with Gasteiger partial charge in [-0.25, -0.2) is 5.48 Å². The van der Waals surface area contributed by atoms with E-state index in [0.717, 1.165) is 38.4 Å². The van der Waals surface area contributed by atoms with Gasteiger partial charge in [0.05, 0.1) is 24.9 Å². The molecule has 1 fully saturated rings. The average Bonchev–Trinajstić information content (AvgIpc) is 2.90. The van der Waals surface area contributed by atoms with Crippen LogP contribution in [0.2, 0.25) is 0 Å². The number of benzene rings is 2. The van der Waals surface area contributed by atoms with Crippen molar-refractivity contribution in [3.63, 3.8) is 0 Å². The van der Waals surface area contributed by atoms with E-state index in [-0.39, 0.29) is 0 Å². The molecule has 3 N–H and O–H groups in total. The Bertz CT molecular complexity index is 1210. The average molecular weight is 518 g/mol. The molecule has 2 atom stereocenters. The highest BCUT2D eigenvalue weighted by molar-refractivity contribution is 5.97. The quantitative estimate of drug-likeness (QED) is 0.297. The van der Waals surface area contributed by atoms with Gasteiger partial charge in [0.15, 0.2) is 0 Å². The van der Waals surface area contributed by atoms with Crippen LogP contribution in [-0.4, -0.2) is 66.0 Å². The van der Waals surface area contributed by atoms with Crippen molar-refractivity contribution in [2.75, 3.05) is 26.3 Å². The van der Waals surface area contributed by atoms with Gasteiger partial charge in [0.1, 0.15) is 6.04 Å². The molecule has 1 saturated heterocycles. The van der Waals surface area contributed by atoms with Crippen LogP contribution in [0.5, 0.6) is 0 Å². The summed E-state index contributed by atoms with van der Waals surface area (Å²) in [6.45, 7) is 11.6. The van der Waals surface area contributed by atoms with Gasteiger partial charge in [-0.2, -0.15) is 0 Å². The van der Waals surface area contributed by atoms with E-state index >= 15 is 0 Å². The number of hydrogen-bond acceptors (Lipinski definition) is 6. The van der Waals surface area contributed by atoms with Crippen molar-refractivity contribution in [2.24, 2.45) is 0 Å². The standard InChI is InChI=1S/C30H35N3O5/c1-22(38-30(2,3)4)27(29(35)32-36)31-28(34)26-15-13-24(14-16-26)8-6-5-7-23-9-11-25(12-10-23)21-33-17-19-37-20-18-33/h9-16,22,27,36H,17-21H2,1-4H3,(H,31,34)(H,32,35)/t22-,27+/m1/s1. The summed E-state index contributed by atoms with van der Waals surface area (Å²) in [5.74, 6) is 10.5. The second-order valence-corrected chi connectivity index (χ2v) is 10.0. The van der Waals surface area contributed by atoms with Gasteiger partial charge in [-0.3, -0.25) is 19.7 Å². The van der Waals surface area contributed by atoms with Gasteiger partial charge in [-0.1, -0.05) is 24.0 Å². The fourth-order valence-corrected chi connectivity index (χ4v) is 3.94. The first-order chi connectivity index (χ1) is 18.1. The predicted molar refractivity (Wildman–Crippen MR) is 144 cm³/mol. The summed E-state index contributed by atoms with van der Waals surface area (Å²) < 4.78 is 11.2. The van der Waals surface area contributed by atoms with Gasteiger partial charge in [0, 0.05) is 36.3 Å². The Hall–Kier alpha value is -3.66. The summed E-state index contributed by atoms with van der Waals surface area (Å²) in [4.78, 5) is 27.2. The number of nitrogens with one attached hydrogen (secondary N) is 2. The number of amides is 2. The number of nitrogens with zero attached hydrogens (tertiary/aromatic N) is 1. The second-order valence-electron chi connectivity index (χ2n) is 10.0. The summed E-state index contributed by atoms with van der Waals surface area (Å²) >= 11 is 0. The van der Waals surface area contributed by atoms with Crippen molar-refractivity contribution >= 4 is 11.8 Å². The van der Waals surface area contributed by atoms with Gasteiger partial charge in [-0.05, 0) is 81.5 Å². The summed E-state index contributed by atoms with van der Waals surface area (Å²) in [7, 11) is 0. The zero-order valence-electron chi connectivity index (χ0n) is 22.3. The van der Waals surface area contributed by atoms with E-state index in [0.29, 0.717) is 11.1 Å². The first-order valence-corrected chi connectivity index (χ1v) is 12.6. The van der Waals surface area contributed by atoms with E-state index < -0.39 is 29.6 Å². The lowest BCUT2D eigenvalue weighted by Gasteiger charge is -2.30. The molecule has 1 aliphatic rings. The molecule has 38 heavy (non-hydrogen) atoms. The minimum atomic E-state index is -1.07. The smallest absolute Gasteiger partial charge is 0.268 e. The van der Waals surface area contributed by atoms with Crippen LogP contribution in [-0.2, 0) is 20.8 Å². The number of carbonyl (C=O) groups excluding carboxylic acids is 2. The molecule has 0 aliphatic carbocycles. The van der Waals surface area contributed by atoms with E-state index in [1.54, 1.807) is 36.7 Å². The van der Waals surface area contributed by atoms with Gasteiger partial charge in [0.2, 0.25) is 0 Å². The molecule has 8 heteroatoms. The Morgan fingerprint density at radius 2 is 1.55 bits per heavy atom. The lowest BCUT2D eigenvalue weighted by atomic mass is 10.1. The highest BCUT2D eigenvalue weighted by atomic mass is 16.5. The van der Waals surface area contributed by atoms with Crippen molar-refractivity contribution in [3.05, 3.63) is 70.8 Å². The fraction of sp³-hybridized carbons (Fsp3) is 0.400. The Kier molecular flexibility index (Phi) is 10.5. The zero-order valence-corrected chi connectivity index (χ0v) is 22.3. The Balaban J connectivity index is 1.56. The van der Waals surface area contributed by atoms with E-state index in [1.165, 1.54) is 5.56 Å². The molecule has 0 radical (unpaired) electrons. The minimum Gasteiger partial charge on any atom is -0.379 e. The van der Waals surface area contributed by atoms with Crippen LogP contribution in [0, 0.1) is 23.7 Å². The Morgan fingerprint density at radius 3 is 2.08 bits per heavy atom. The third kappa shape index (κ3) is 9.33. The molecule has 8 nitrogen and oxygen atoms in total. The van der Waals surface area contributed by atoms with Crippen LogP contribution in [0.3, 0.4) is 0 Å². The molecule has 2 amide bonds. The Morgan fingerprint density at radius 1 is 1.00 bits per heavy atom. The molecule has 2 aromatic rings. The highest BCUT2D eigenvalue weighted by Gasteiger charge is 2.30. The minimum absolute atomic E-state index is 0.345. The van der Waals surface area contributed by atoms with Crippen molar-refractivity contribution in [3.8, 4) is 23.7 Å². The topological polar surface area (TPSA) is 100 Å². The SMILES string of the molecule is C[C@@H](OC(C)(C)C)[C@H](NC(=O)c1ccc(C#CC#Cc2ccc(CN3CCOCC3)cc2)cc1)C(=O)NO. The molecular formula is C30H35N3O5. The lowest BCUT2D eigenvalue weighted by molar-refractivity contribution is -0.138. The normalized spacial score (nSPS) is 15.2. The summed E-state index contributed by atoms with van der Waals surface area (Å²) in [5.41, 5.74) is 4.23. The maximum atomic E-state index is 12.7. The summed E-state index contributed by atoms with van der Waals surface area (Å²) in [6, 6.07) is 13.7. The van der Waals surface area contributed by atoms with E-state index in [2.05, 4.69) is 46.0 Å².